The lowest BCUT2D eigenvalue weighted by molar-refractivity contribution is 0.0601. The Morgan fingerprint density at radius 1 is 1.43 bits per heavy atom. The standard InChI is InChI=1S/C16H27N3O2/c1-11-8-13(12(2)21-11)16(4,20)10-19-14(17-5)18-9-15(3)6-7-15/h8,20H,6-7,9-10H2,1-5H3,(H2,17,18,19). The Morgan fingerprint density at radius 3 is 2.57 bits per heavy atom. The van der Waals surface area contributed by atoms with E-state index in [2.05, 4.69) is 22.5 Å². The molecule has 1 aromatic heterocycles. The molecule has 2 rings (SSSR count). The number of aryl methyl sites for hydroxylation is 2. The zero-order chi connectivity index (χ0) is 15.7. The van der Waals surface area contributed by atoms with E-state index in [1.54, 1.807) is 14.0 Å². The van der Waals surface area contributed by atoms with E-state index in [1.807, 2.05) is 19.9 Å². The number of furan rings is 1. The summed E-state index contributed by atoms with van der Waals surface area (Å²) in [5.74, 6) is 2.29. The molecule has 1 aliphatic rings. The Hall–Kier alpha value is -1.49. The molecular formula is C16H27N3O2. The van der Waals surface area contributed by atoms with Gasteiger partial charge in [0.25, 0.3) is 0 Å². The van der Waals surface area contributed by atoms with Crippen LogP contribution in [0.2, 0.25) is 0 Å². The summed E-state index contributed by atoms with van der Waals surface area (Å²) >= 11 is 0. The Kier molecular flexibility index (Phi) is 4.33. The minimum absolute atomic E-state index is 0.378. The van der Waals surface area contributed by atoms with Gasteiger partial charge in [0.15, 0.2) is 5.96 Å². The zero-order valence-corrected chi connectivity index (χ0v) is 13.7. The number of aliphatic imine (C=N–C) groups is 1. The first-order valence-corrected chi connectivity index (χ1v) is 7.50. The second kappa shape index (κ2) is 5.72. The number of aliphatic hydroxyl groups is 1. The number of guanidine groups is 1. The third kappa shape index (κ3) is 4.00. The van der Waals surface area contributed by atoms with Crippen molar-refractivity contribution in [3.8, 4) is 0 Å². The van der Waals surface area contributed by atoms with Crippen molar-refractivity contribution in [3.05, 3.63) is 23.2 Å². The predicted octanol–water partition coefficient (Wildman–Crippen LogP) is 2.07. The first-order valence-electron chi connectivity index (χ1n) is 7.50. The van der Waals surface area contributed by atoms with Crippen LogP contribution in [0.4, 0.5) is 0 Å². The van der Waals surface area contributed by atoms with Crippen LogP contribution >= 0.6 is 0 Å². The average molecular weight is 293 g/mol. The molecule has 1 atom stereocenters. The number of hydrogen-bond donors (Lipinski definition) is 3. The fraction of sp³-hybridized carbons (Fsp3) is 0.688. The van der Waals surface area contributed by atoms with Gasteiger partial charge >= 0.3 is 0 Å². The summed E-state index contributed by atoms with van der Waals surface area (Å²) < 4.78 is 5.50. The van der Waals surface area contributed by atoms with Crippen LogP contribution in [0.3, 0.4) is 0 Å². The molecule has 0 radical (unpaired) electrons. The molecule has 1 fully saturated rings. The fourth-order valence-electron chi connectivity index (χ4n) is 2.42. The molecule has 0 saturated heterocycles. The normalized spacial score (nSPS) is 20.0. The van der Waals surface area contributed by atoms with Gasteiger partial charge in [-0.15, -0.1) is 0 Å². The number of hydrogen-bond acceptors (Lipinski definition) is 3. The summed E-state index contributed by atoms with van der Waals surface area (Å²) in [6, 6.07) is 1.89. The fourth-order valence-corrected chi connectivity index (χ4v) is 2.42. The van der Waals surface area contributed by atoms with Crippen LogP contribution in [0.1, 0.15) is 43.8 Å². The van der Waals surface area contributed by atoms with Crippen molar-refractivity contribution in [2.45, 2.75) is 46.1 Å². The highest BCUT2D eigenvalue weighted by molar-refractivity contribution is 5.79. The first-order chi connectivity index (χ1) is 9.76. The van der Waals surface area contributed by atoms with Crippen molar-refractivity contribution in [3.63, 3.8) is 0 Å². The van der Waals surface area contributed by atoms with Crippen LogP contribution < -0.4 is 10.6 Å². The summed E-state index contributed by atoms with van der Waals surface area (Å²) in [5, 5.41) is 17.2. The molecule has 0 aromatic carbocycles. The van der Waals surface area contributed by atoms with Crippen molar-refractivity contribution >= 4 is 5.96 Å². The van der Waals surface area contributed by atoms with E-state index in [1.165, 1.54) is 12.8 Å². The molecule has 0 aliphatic heterocycles. The van der Waals surface area contributed by atoms with E-state index in [9.17, 15) is 5.11 Å². The molecular weight excluding hydrogens is 266 g/mol. The van der Waals surface area contributed by atoms with Crippen molar-refractivity contribution in [1.29, 1.82) is 0 Å². The summed E-state index contributed by atoms with van der Waals surface area (Å²) in [6.07, 6.45) is 2.53. The first kappa shape index (κ1) is 15.9. The van der Waals surface area contributed by atoms with Gasteiger partial charge in [-0.25, -0.2) is 0 Å². The summed E-state index contributed by atoms with van der Waals surface area (Å²) in [5.41, 5.74) is 0.235. The highest BCUT2D eigenvalue weighted by Gasteiger charge is 2.37. The molecule has 0 spiro atoms. The molecule has 5 heteroatoms. The molecule has 1 aliphatic carbocycles. The Morgan fingerprint density at radius 2 is 2.10 bits per heavy atom. The maximum absolute atomic E-state index is 10.7. The number of rotatable bonds is 5. The molecule has 21 heavy (non-hydrogen) atoms. The summed E-state index contributed by atoms with van der Waals surface area (Å²) in [4.78, 5) is 4.20. The van der Waals surface area contributed by atoms with E-state index in [4.69, 9.17) is 4.42 Å². The van der Waals surface area contributed by atoms with Crippen molar-refractivity contribution in [2.75, 3.05) is 20.1 Å². The molecule has 118 valence electrons. The van der Waals surface area contributed by atoms with Crippen LogP contribution in [-0.2, 0) is 5.60 Å². The van der Waals surface area contributed by atoms with Crippen molar-refractivity contribution < 1.29 is 9.52 Å². The molecule has 1 aromatic rings. The summed E-state index contributed by atoms with van der Waals surface area (Å²) in [7, 11) is 1.74. The van der Waals surface area contributed by atoms with E-state index in [0.29, 0.717) is 12.0 Å². The van der Waals surface area contributed by atoms with Gasteiger partial charge in [0, 0.05) is 19.2 Å². The van der Waals surface area contributed by atoms with Crippen LogP contribution in [0.25, 0.3) is 0 Å². The molecule has 1 unspecified atom stereocenters. The van der Waals surface area contributed by atoms with E-state index < -0.39 is 5.60 Å². The molecule has 0 bridgehead atoms. The second-order valence-corrected chi connectivity index (χ2v) is 6.69. The van der Waals surface area contributed by atoms with Crippen molar-refractivity contribution in [1.82, 2.24) is 10.6 Å². The summed E-state index contributed by atoms with van der Waals surface area (Å²) in [6.45, 7) is 9.10. The SMILES string of the molecule is CN=C(NCC1(C)CC1)NCC(C)(O)c1cc(C)oc1C. The van der Waals surface area contributed by atoms with Gasteiger partial charge in [0.05, 0.1) is 6.54 Å². The quantitative estimate of drug-likeness (QED) is 0.574. The average Bonchev–Trinajstić information content (AvgIpc) is 3.03. The largest absolute Gasteiger partial charge is 0.466 e. The zero-order valence-electron chi connectivity index (χ0n) is 13.7. The van der Waals surface area contributed by atoms with Crippen LogP contribution in [-0.4, -0.2) is 31.2 Å². The molecule has 1 saturated carbocycles. The lowest BCUT2D eigenvalue weighted by atomic mass is 9.96. The van der Waals surface area contributed by atoms with Crippen LogP contribution in [0.15, 0.2) is 15.5 Å². The van der Waals surface area contributed by atoms with Gasteiger partial charge in [0.2, 0.25) is 0 Å². The Labute approximate surface area is 126 Å². The lowest BCUT2D eigenvalue weighted by Gasteiger charge is -2.25. The number of nitrogens with one attached hydrogen (secondary N) is 2. The van der Waals surface area contributed by atoms with Crippen molar-refractivity contribution in [2.24, 2.45) is 10.4 Å². The second-order valence-electron chi connectivity index (χ2n) is 6.69. The van der Waals surface area contributed by atoms with E-state index in [0.717, 1.165) is 29.6 Å². The van der Waals surface area contributed by atoms with Gasteiger partial charge in [-0.05, 0) is 45.1 Å². The van der Waals surface area contributed by atoms with Crippen LogP contribution in [0.5, 0.6) is 0 Å². The van der Waals surface area contributed by atoms with E-state index >= 15 is 0 Å². The van der Waals surface area contributed by atoms with Gasteiger partial charge < -0.3 is 20.2 Å². The molecule has 5 nitrogen and oxygen atoms in total. The number of nitrogens with zero attached hydrogens (tertiary/aromatic N) is 1. The Balaban J connectivity index is 1.91. The smallest absolute Gasteiger partial charge is 0.191 e. The Bertz CT molecular complexity index is 528. The van der Waals surface area contributed by atoms with Gasteiger partial charge in [-0.1, -0.05) is 6.92 Å². The lowest BCUT2D eigenvalue weighted by Crippen LogP contribution is -2.45. The molecule has 1 heterocycles. The maximum atomic E-state index is 10.7. The maximum Gasteiger partial charge on any atom is 0.191 e. The van der Waals surface area contributed by atoms with E-state index in [-0.39, 0.29) is 0 Å². The monoisotopic (exact) mass is 293 g/mol. The van der Waals surface area contributed by atoms with Crippen LogP contribution in [0, 0.1) is 19.3 Å². The topological polar surface area (TPSA) is 69.8 Å². The highest BCUT2D eigenvalue weighted by atomic mass is 16.3. The van der Waals surface area contributed by atoms with Gasteiger partial charge in [-0.2, -0.15) is 0 Å². The molecule has 0 amide bonds. The van der Waals surface area contributed by atoms with Gasteiger partial charge in [0.1, 0.15) is 17.1 Å². The minimum atomic E-state index is -0.997. The van der Waals surface area contributed by atoms with Gasteiger partial charge in [-0.3, -0.25) is 4.99 Å². The predicted molar refractivity (Wildman–Crippen MR) is 84.5 cm³/mol. The third-order valence-electron chi connectivity index (χ3n) is 4.23. The minimum Gasteiger partial charge on any atom is -0.466 e. The highest BCUT2D eigenvalue weighted by Crippen LogP contribution is 2.43. The molecule has 3 N–H and O–H groups in total. The third-order valence-corrected chi connectivity index (χ3v) is 4.23.